The fourth-order valence-corrected chi connectivity index (χ4v) is 8.53. The van der Waals surface area contributed by atoms with E-state index in [1.165, 1.54) is 0 Å². The van der Waals surface area contributed by atoms with Gasteiger partial charge in [0.15, 0.2) is 23.1 Å². The summed E-state index contributed by atoms with van der Waals surface area (Å²) in [5.74, 6) is 1.68. The fourth-order valence-electron chi connectivity index (χ4n) is 8.53. The van der Waals surface area contributed by atoms with Gasteiger partial charge in [-0.15, -0.1) is 0 Å². The van der Waals surface area contributed by atoms with E-state index in [1.807, 2.05) is 66.7 Å². The van der Waals surface area contributed by atoms with E-state index in [4.69, 9.17) is 23.8 Å². The monoisotopic (exact) mass is 730 g/mol. The Morgan fingerprint density at radius 3 is 1.65 bits per heavy atom. The molecule has 0 N–H and O–H groups in total. The maximum absolute atomic E-state index is 6.98. The Bertz CT molecular complexity index is 3530. The molecule has 0 radical (unpaired) electrons. The van der Waals surface area contributed by atoms with Crippen molar-refractivity contribution < 1.29 is 8.83 Å². The number of fused-ring (bicyclic) bond motifs is 9. The van der Waals surface area contributed by atoms with Crippen molar-refractivity contribution in [1.29, 1.82) is 0 Å². The molecule has 0 aliphatic carbocycles. The molecule has 12 rings (SSSR count). The Kier molecular flexibility index (Phi) is 6.83. The lowest BCUT2D eigenvalue weighted by atomic mass is 10.0. The Morgan fingerprint density at radius 1 is 0.333 bits per heavy atom. The molecule has 266 valence electrons. The highest BCUT2D eigenvalue weighted by Gasteiger charge is 2.24. The first-order valence-electron chi connectivity index (χ1n) is 19.0. The summed E-state index contributed by atoms with van der Waals surface area (Å²) in [5.41, 5.74) is 11.0. The van der Waals surface area contributed by atoms with Crippen LogP contribution in [-0.2, 0) is 0 Å². The predicted octanol–water partition coefficient (Wildman–Crippen LogP) is 13.4. The molecule has 57 heavy (non-hydrogen) atoms. The van der Waals surface area contributed by atoms with E-state index in [1.54, 1.807) is 0 Å². The molecule has 6 nitrogen and oxygen atoms in total. The first-order chi connectivity index (χ1) is 28.3. The van der Waals surface area contributed by atoms with Crippen molar-refractivity contribution in [3.63, 3.8) is 0 Å². The third-order valence-electron chi connectivity index (χ3n) is 11.1. The van der Waals surface area contributed by atoms with Gasteiger partial charge >= 0.3 is 0 Å². The maximum Gasteiger partial charge on any atom is 0.167 e. The third kappa shape index (κ3) is 4.81. The van der Waals surface area contributed by atoms with Crippen molar-refractivity contribution in [1.82, 2.24) is 19.5 Å². The van der Waals surface area contributed by atoms with Crippen molar-refractivity contribution in [2.45, 2.75) is 0 Å². The van der Waals surface area contributed by atoms with Crippen LogP contribution in [0.4, 0.5) is 0 Å². The summed E-state index contributed by atoms with van der Waals surface area (Å²) >= 11 is 0. The number of hydrogen-bond acceptors (Lipinski definition) is 5. The molecule has 4 aromatic heterocycles. The van der Waals surface area contributed by atoms with Gasteiger partial charge in [-0.1, -0.05) is 152 Å². The molecular formula is C51H30N4O2. The summed E-state index contributed by atoms with van der Waals surface area (Å²) in [6.07, 6.45) is 0. The highest BCUT2D eigenvalue weighted by atomic mass is 16.3. The van der Waals surface area contributed by atoms with E-state index in [0.717, 1.165) is 99.2 Å². The second-order valence-electron chi connectivity index (χ2n) is 14.3. The minimum Gasteiger partial charge on any atom is -0.455 e. The Morgan fingerprint density at radius 2 is 0.860 bits per heavy atom. The summed E-state index contributed by atoms with van der Waals surface area (Å²) in [6, 6.07) is 62.5. The van der Waals surface area contributed by atoms with Gasteiger partial charge in [-0.2, -0.15) is 0 Å². The van der Waals surface area contributed by atoms with Crippen LogP contribution in [0.5, 0.6) is 0 Å². The molecule has 0 saturated carbocycles. The number of para-hydroxylation sites is 6. The summed E-state index contributed by atoms with van der Waals surface area (Å²) < 4.78 is 15.8. The largest absolute Gasteiger partial charge is 0.455 e. The number of aromatic nitrogens is 4. The second kappa shape index (κ2) is 12.3. The lowest BCUT2D eigenvalue weighted by Gasteiger charge is -2.13. The van der Waals surface area contributed by atoms with E-state index in [0.29, 0.717) is 17.5 Å². The molecule has 0 saturated heterocycles. The maximum atomic E-state index is 6.98. The van der Waals surface area contributed by atoms with Crippen LogP contribution in [0.1, 0.15) is 0 Å². The minimum absolute atomic E-state index is 0.538. The zero-order valence-electron chi connectivity index (χ0n) is 30.4. The molecule has 0 bridgehead atoms. The van der Waals surface area contributed by atoms with Crippen molar-refractivity contribution in [3.8, 4) is 51.0 Å². The van der Waals surface area contributed by atoms with Crippen LogP contribution in [0.3, 0.4) is 0 Å². The standard InChI is InChI=1S/C51H30N4O2/c1-3-15-31(16-4-1)33-21-11-24-38-39-25-14-29-43(48(39)57-46(33)38)55-42-28-9-7-19-34(42)36-22-12-26-40(45(36)55)50-52-49(32-17-5-2-6-18-32)53-51(54-50)41-27-13-23-37-35-20-8-10-30-44(35)56-47(37)41/h1-30H. The molecule has 6 heteroatoms. The van der Waals surface area contributed by atoms with Crippen LogP contribution in [-0.4, -0.2) is 19.5 Å². The summed E-state index contributed by atoms with van der Waals surface area (Å²) in [5, 5.41) is 6.40. The molecular weight excluding hydrogens is 701 g/mol. The quantitative estimate of drug-likeness (QED) is 0.176. The van der Waals surface area contributed by atoms with Crippen molar-refractivity contribution in [3.05, 3.63) is 182 Å². The summed E-state index contributed by atoms with van der Waals surface area (Å²) in [4.78, 5) is 15.6. The number of furan rings is 2. The molecule has 0 fully saturated rings. The van der Waals surface area contributed by atoms with Gasteiger partial charge in [0, 0.05) is 49.0 Å². The van der Waals surface area contributed by atoms with Gasteiger partial charge in [-0.3, -0.25) is 0 Å². The van der Waals surface area contributed by atoms with E-state index < -0.39 is 0 Å². The van der Waals surface area contributed by atoms with Crippen LogP contribution in [0, 0.1) is 0 Å². The number of benzene rings is 8. The van der Waals surface area contributed by atoms with E-state index in [2.05, 4.69) is 120 Å². The van der Waals surface area contributed by atoms with Crippen molar-refractivity contribution in [2.24, 2.45) is 0 Å². The molecule has 8 aromatic carbocycles. The van der Waals surface area contributed by atoms with E-state index >= 15 is 0 Å². The average molecular weight is 731 g/mol. The Labute approximate surface area is 325 Å². The minimum atomic E-state index is 0.538. The van der Waals surface area contributed by atoms with Crippen molar-refractivity contribution in [2.75, 3.05) is 0 Å². The lowest BCUT2D eigenvalue weighted by molar-refractivity contribution is 0.667. The van der Waals surface area contributed by atoms with Gasteiger partial charge < -0.3 is 13.4 Å². The smallest absolute Gasteiger partial charge is 0.167 e. The summed E-state index contributed by atoms with van der Waals surface area (Å²) in [6.45, 7) is 0. The van der Waals surface area contributed by atoms with Gasteiger partial charge in [0.2, 0.25) is 0 Å². The molecule has 4 heterocycles. The molecule has 12 aromatic rings. The molecule has 0 atom stereocenters. The van der Waals surface area contributed by atoms with E-state index in [-0.39, 0.29) is 0 Å². The van der Waals surface area contributed by atoms with Gasteiger partial charge in [-0.25, -0.2) is 15.0 Å². The molecule has 0 aliphatic heterocycles. The highest BCUT2D eigenvalue weighted by molar-refractivity contribution is 6.16. The zero-order valence-corrected chi connectivity index (χ0v) is 30.4. The third-order valence-corrected chi connectivity index (χ3v) is 11.1. The van der Waals surface area contributed by atoms with Crippen molar-refractivity contribution >= 4 is 65.7 Å². The number of hydrogen-bond donors (Lipinski definition) is 0. The Hall–Kier alpha value is -7.83. The van der Waals surface area contributed by atoms with Gasteiger partial charge in [0.05, 0.1) is 22.3 Å². The van der Waals surface area contributed by atoms with Gasteiger partial charge in [-0.05, 0) is 35.9 Å². The topological polar surface area (TPSA) is 69.9 Å². The highest BCUT2D eigenvalue weighted by Crippen LogP contribution is 2.43. The second-order valence-corrected chi connectivity index (χ2v) is 14.3. The molecule has 0 aliphatic rings. The number of nitrogens with zero attached hydrogens (tertiary/aromatic N) is 4. The van der Waals surface area contributed by atoms with Crippen LogP contribution in [0.25, 0.3) is 117 Å². The SMILES string of the molecule is c1ccc(-c2nc(-c3cccc4c3oc3ccccc34)nc(-c3cccc4c5ccccc5n(-c5cccc6c5oc5c(-c7ccccc7)cccc56)c34)n2)cc1. The normalized spacial score (nSPS) is 11.9. The average Bonchev–Trinajstić information content (AvgIpc) is 3.97. The van der Waals surface area contributed by atoms with Gasteiger partial charge in [0.25, 0.3) is 0 Å². The molecule has 0 unspecified atom stereocenters. The first kappa shape index (κ1) is 31.5. The van der Waals surface area contributed by atoms with Crippen LogP contribution >= 0.6 is 0 Å². The Balaban J connectivity index is 1.16. The molecule has 0 spiro atoms. The van der Waals surface area contributed by atoms with Gasteiger partial charge in [0.1, 0.15) is 16.7 Å². The van der Waals surface area contributed by atoms with Crippen LogP contribution in [0.2, 0.25) is 0 Å². The first-order valence-corrected chi connectivity index (χ1v) is 19.0. The van der Waals surface area contributed by atoms with Crippen LogP contribution < -0.4 is 0 Å². The number of rotatable bonds is 5. The fraction of sp³-hybridized carbons (Fsp3) is 0. The lowest BCUT2D eigenvalue weighted by Crippen LogP contribution is -2.02. The molecule has 0 amide bonds. The zero-order chi connectivity index (χ0) is 37.5. The van der Waals surface area contributed by atoms with E-state index in [9.17, 15) is 0 Å². The van der Waals surface area contributed by atoms with Crippen LogP contribution in [0.15, 0.2) is 191 Å². The predicted molar refractivity (Wildman–Crippen MR) is 230 cm³/mol. The summed E-state index contributed by atoms with van der Waals surface area (Å²) in [7, 11) is 0.